The SMILES string of the molecule is C[C@@H]1c2c(ccc3c2-c2ccccc2CC3c2ccc(-c3nc(-c4ccc5oc6ccccc6c5c4)nc(-c4ccc5oc6ccccc6c5c4)n3)cc2)-c2ccc3c(c21)c1ccccc1n3-c1ccccc1. The van der Waals surface area contributed by atoms with Crippen molar-refractivity contribution in [3.05, 3.63) is 240 Å². The van der Waals surface area contributed by atoms with Gasteiger partial charge in [0.25, 0.3) is 0 Å². The van der Waals surface area contributed by atoms with E-state index in [4.69, 9.17) is 23.8 Å². The molecule has 0 fully saturated rings. The van der Waals surface area contributed by atoms with E-state index in [-0.39, 0.29) is 11.8 Å². The van der Waals surface area contributed by atoms with E-state index in [0.29, 0.717) is 17.5 Å². The molecular formula is C67H42N4O2. The van der Waals surface area contributed by atoms with Crippen LogP contribution < -0.4 is 0 Å². The molecule has 0 spiro atoms. The Labute approximate surface area is 419 Å². The quantitative estimate of drug-likeness (QED) is 0.172. The molecule has 6 nitrogen and oxygen atoms in total. The summed E-state index contributed by atoms with van der Waals surface area (Å²) in [5.41, 5.74) is 22.0. The molecule has 0 bridgehead atoms. The van der Waals surface area contributed by atoms with Crippen molar-refractivity contribution in [1.29, 1.82) is 0 Å². The molecule has 0 radical (unpaired) electrons. The van der Waals surface area contributed by atoms with Gasteiger partial charge in [0.1, 0.15) is 22.3 Å². The van der Waals surface area contributed by atoms with Crippen LogP contribution in [0.2, 0.25) is 0 Å². The van der Waals surface area contributed by atoms with Crippen LogP contribution in [0, 0.1) is 0 Å². The number of nitrogens with zero attached hydrogens (tertiary/aromatic N) is 4. The normalized spacial score (nSPS) is 14.9. The summed E-state index contributed by atoms with van der Waals surface area (Å²) in [6, 6.07) is 76.0. The number of aromatic nitrogens is 4. The van der Waals surface area contributed by atoms with Gasteiger partial charge in [0, 0.05) is 66.5 Å². The number of fused-ring (bicyclic) bond motifs is 17. The Bertz CT molecular complexity index is 4490. The molecule has 0 saturated carbocycles. The zero-order valence-corrected chi connectivity index (χ0v) is 39.7. The third-order valence-corrected chi connectivity index (χ3v) is 15.9. The topological polar surface area (TPSA) is 69.9 Å². The molecule has 4 heterocycles. The maximum atomic E-state index is 6.22. The first-order valence-electron chi connectivity index (χ1n) is 25.2. The highest BCUT2D eigenvalue weighted by atomic mass is 16.3. The monoisotopic (exact) mass is 934 g/mol. The predicted octanol–water partition coefficient (Wildman–Crippen LogP) is 17.3. The summed E-state index contributed by atoms with van der Waals surface area (Å²) >= 11 is 0. The van der Waals surface area contributed by atoms with Gasteiger partial charge in [0.2, 0.25) is 0 Å². The largest absolute Gasteiger partial charge is 0.456 e. The average Bonchev–Trinajstić information content (AvgIpc) is 4.23. The molecule has 2 atom stereocenters. The molecule has 14 aromatic rings. The van der Waals surface area contributed by atoms with E-state index >= 15 is 0 Å². The first-order valence-corrected chi connectivity index (χ1v) is 25.2. The van der Waals surface area contributed by atoms with Crippen molar-refractivity contribution in [1.82, 2.24) is 19.5 Å². The van der Waals surface area contributed by atoms with Crippen LogP contribution in [0.1, 0.15) is 46.6 Å². The van der Waals surface area contributed by atoms with Crippen molar-refractivity contribution >= 4 is 65.7 Å². The van der Waals surface area contributed by atoms with Gasteiger partial charge in [-0.25, -0.2) is 15.0 Å². The summed E-state index contributed by atoms with van der Waals surface area (Å²) < 4.78 is 14.9. The number of furan rings is 2. The van der Waals surface area contributed by atoms with Crippen molar-refractivity contribution in [2.45, 2.75) is 25.2 Å². The van der Waals surface area contributed by atoms with E-state index in [1.54, 1.807) is 0 Å². The van der Waals surface area contributed by atoms with Gasteiger partial charge in [-0.2, -0.15) is 0 Å². The maximum absolute atomic E-state index is 6.22. The minimum absolute atomic E-state index is 0.151. The number of para-hydroxylation sites is 4. The lowest BCUT2D eigenvalue weighted by Gasteiger charge is -2.31. The minimum atomic E-state index is 0.151. The van der Waals surface area contributed by atoms with Crippen LogP contribution >= 0.6 is 0 Å². The first-order chi connectivity index (χ1) is 36.1. The maximum Gasteiger partial charge on any atom is 0.164 e. The standard InChI is InChI=1S/C67H42N4O2/c1-38-61-48(49-31-32-56-64(62(38)49)51-19-7-10-20-55(51)71(56)44-14-3-2-4-15-44)29-30-50-52(35-41-13-5-6-16-45(41)63(50)61)39-23-25-40(26-24-39)65-68-66(42-27-33-59-53(36-42)46-17-8-11-21-57(46)72-59)70-67(69-65)43-28-34-60-54(37-43)47-18-9-12-22-58(47)73-60/h2-34,36-38,52H,35H2,1H3/t38-,52?/m1/s1. The summed E-state index contributed by atoms with van der Waals surface area (Å²) in [6.45, 7) is 2.43. The van der Waals surface area contributed by atoms with Crippen molar-refractivity contribution in [2.75, 3.05) is 0 Å². The Morgan fingerprint density at radius 2 is 0.973 bits per heavy atom. The van der Waals surface area contributed by atoms with Crippen molar-refractivity contribution in [3.8, 4) is 62.1 Å². The zero-order valence-electron chi connectivity index (χ0n) is 39.7. The number of hydrogen-bond donors (Lipinski definition) is 0. The highest BCUT2D eigenvalue weighted by Crippen LogP contribution is 2.56. The molecule has 16 rings (SSSR count). The molecule has 4 aromatic heterocycles. The molecule has 0 amide bonds. The lowest BCUT2D eigenvalue weighted by Crippen LogP contribution is -2.14. The van der Waals surface area contributed by atoms with Gasteiger partial charge >= 0.3 is 0 Å². The Balaban J connectivity index is 0.822. The van der Waals surface area contributed by atoms with E-state index in [2.05, 4.69) is 163 Å². The first kappa shape index (κ1) is 40.4. The van der Waals surface area contributed by atoms with Gasteiger partial charge in [-0.3, -0.25) is 0 Å². The van der Waals surface area contributed by atoms with Gasteiger partial charge in [-0.15, -0.1) is 0 Å². The molecule has 6 heteroatoms. The molecule has 73 heavy (non-hydrogen) atoms. The van der Waals surface area contributed by atoms with Gasteiger partial charge < -0.3 is 13.4 Å². The Kier molecular flexibility index (Phi) is 8.46. The van der Waals surface area contributed by atoms with E-state index in [0.717, 1.165) is 67.0 Å². The number of benzene rings is 10. The van der Waals surface area contributed by atoms with Crippen molar-refractivity contribution in [3.63, 3.8) is 0 Å². The van der Waals surface area contributed by atoms with Gasteiger partial charge in [0.05, 0.1) is 11.0 Å². The fraction of sp³-hybridized carbons (Fsp3) is 0.0597. The van der Waals surface area contributed by atoms with Crippen LogP contribution in [-0.2, 0) is 6.42 Å². The van der Waals surface area contributed by atoms with Crippen LogP contribution in [-0.4, -0.2) is 19.5 Å². The fourth-order valence-electron chi connectivity index (χ4n) is 12.6. The third-order valence-electron chi connectivity index (χ3n) is 15.9. The highest BCUT2D eigenvalue weighted by Gasteiger charge is 2.37. The number of rotatable bonds is 5. The van der Waals surface area contributed by atoms with E-state index < -0.39 is 0 Å². The molecule has 0 saturated heterocycles. The van der Waals surface area contributed by atoms with Crippen molar-refractivity contribution in [2.24, 2.45) is 0 Å². The second kappa shape index (κ2) is 15.3. The lowest BCUT2D eigenvalue weighted by atomic mass is 9.72. The Morgan fingerprint density at radius 1 is 0.425 bits per heavy atom. The summed E-state index contributed by atoms with van der Waals surface area (Å²) in [7, 11) is 0. The molecular weight excluding hydrogens is 893 g/mol. The molecule has 0 aliphatic heterocycles. The van der Waals surface area contributed by atoms with E-state index in [1.165, 1.54) is 77.6 Å². The van der Waals surface area contributed by atoms with Crippen molar-refractivity contribution < 1.29 is 8.83 Å². The molecule has 2 aliphatic carbocycles. The Morgan fingerprint density at radius 3 is 1.67 bits per heavy atom. The minimum Gasteiger partial charge on any atom is -0.456 e. The molecule has 0 N–H and O–H groups in total. The highest BCUT2D eigenvalue weighted by molar-refractivity contribution is 6.15. The predicted molar refractivity (Wildman–Crippen MR) is 295 cm³/mol. The fourth-order valence-corrected chi connectivity index (χ4v) is 12.6. The lowest BCUT2D eigenvalue weighted by molar-refractivity contribution is 0.668. The zero-order chi connectivity index (χ0) is 47.9. The third kappa shape index (κ3) is 5.95. The second-order valence-corrected chi connectivity index (χ2v) is 19.8. The van der Waals surface area contributed by atoms with Gasteiger partial charge in [-0.05, 0) is 129 Å². The molecule has 342 valence electrons. The molecule has 2 aliphatic rings. The van der Waals surface area contributed by atoms with E-state index in [9.17, 15) is 0 Å². The average molecular weight is 935 g/mol. The second-order valence-electron chi connectivity index (χ2n) is 19.8. The Hall–Kier alpha value is -9.39. The smallest absolute Gasteiger partial charge is 0.164 e. The van der Waals surface area contributed by atoms with Gasteiger partial charge in [-0.1, -0.05) is 146 Å². The van der Waals surface area contributed by atoms with E-state index in [1.807, 2.05) is 60.7 Å². The summed E-state index contributed by atoms with van der Waals surface area (Å²) in [5, 5.41) is 6.80. The van der Waals surface area contributed by atoms with Gasteiger partial charge in [0.15, 0.2) is 17.5 Å². The van der Waals surface area contributed by atoms with Crippen LogP contribution in [0.15, 0.2) is 221 Å². The van der Waals surface area contributed by atoms with Crippen LogP contribution in [0.4, 0.5) is 0 Å². The van der Waals surface area contributed by atoms with Crippen LogP contribution in [0.5, 0.6) is 0 Å². The summed E-state index contributed by atoms with van der Waals surface area (Å²) in [4.78, 5) is 15.7. The molecule has 1 unspecified atom stereocenters. The molecule has 10 aromatic carbocycles. The summed E-state index contributed by atoms with van der Waals surface area (Å²) in [5.74, 6) is 2.13. The van der Waals surface area contributed by atoms with Crippen LogP contribution in [0.3, 0.4) is 0 Å². The summed E-state index contributed by atoms with van der Waals surface area (Å²) in [6.07, 6.45) is 0.911. The number of hydrogen-bond acceptors (Lipinski definition) is 5. The van der Waals surface area contributed by atoms with Crippen LogP contribution in [0.25, 0.3) is 128 Å².